The number of hydrogen-bond donors (Lipinski definition) is 1. The molecule has 0 unspecified atom stereocenters. The summed E-state index contributed by atoms with van der Waals surface area (Å²) in [6.45, 7) is 5.33. The Kier molecular flexibility index (Phi) is 5.22. The van der Waals surface area contributed by atoms with E-state index in [0.717, 1.165) is 46.1 Å². The van der Waals surface area contributed by atoms with Crippen molar-refractivity contribution in [2.45, 2.75) is 33.1 Å². The molecule has 2 aromatic rings. The van der Waals surface area contributed by atoms with E-state index in [1.165, 1.54) is 10.9 Å². The van der Waals surface area contributed by atoms with Crippen LogP contribution in [-0.2, 0) is 6.42 Å². The second kappa shape index (κ2) is 6.71. The van der Waals surface area contributed by atoms with Crippen molar-refractivity contribution in [3.8, 4) is 0 Å². The third-order valence-electron chi connectivity index (χ3n) is 2.98. The minimum absolute atomic E-state index is 0.962. The lowest BCUT2D eigenvalue weighted by Gasteiger charge is -2.12. The summed E-state index contributed by atoms with van der Waals surface area (Å²) < 4.78 is 2.10. The van der Waals surface area contributed by atoms with Crippen LogP contribution in [-0.4, -0.2) is 11.5 Å². The van der Waals surface area contributed by atoms with Crippen molar-refractivity contribution in [2.75, 3.05) is 11.9 Å². The quantitative estimate of drug-likeness (QED) is 0.731. The van der Waals surface area contributed by atoms with Gasteiger partial charge >= 0.3 is 0 Å². The number of anilines is 1. The number of nitrogens with one attached hydrogen (secondary N) is 1. The van der Waals surface area contributed by atoms with E-state index in [0.29, 0.717) is 0 Å². The fourth-order valence-corrected chi connectivity index (χ4v) is 3.46. The molecule has 1 aromatic heterocycles. The van der Waals surface area contributed by atoms with Gasteiger partial charge in [-0.2, -0.15) is 0 Å². The Bertz CT molecular complexity index is 582. The van der Waals surface area contributed by atoms with E-state index in [4.69, 9.17) is 4.98 Å². The number of aryl methyl sites for hydroxylation is 1. The Labute approximate surface area is 131 Å². The Hall–Kier alpha value is -0.610. The molecule has 0 bridgehead atoms. The van der Waals surface area contributed by atoms with Gasteiger partial charge in [0.1, 0.15) is 5.82 Å². The summed E-state index contributed by atoms with van der Waals surface area (Å²) in [5.41, 5.74) is 2.31. The molecule has 0 saturated heterocycles. The van der Waals surface area contributed by atoms with Gasteiger partial charge in [0.2, 0.25) is 0 Å². The van der Waals surface area contributed by atoms with E-state index >= 15 is 0 Å². The molecule has 0 fully saturated rings. The number of fused-ring (bicyclic) bond motifs is 1. The summed E-state index contributed by atoms with van der Waals surface area (Å²) in [6, 6.07) is 6.41. The maximum Gasteiger partial charge on any atom is 0.129 e. The van der Waals surface area contributed by atoms with Crippen LogP contribution in [0.2, 0.25) is 0 Å². The zero-order valence-electron chi connectivity index (χ0n) is 11.3. The number of hydrogen-bond acceptors (Lipinski definition) is 2. The average Bonchev–Trinajstić information content (AvgIpc) is 2.37. The van der Waals surface area contributed by atoms with Gasteiger partial charge in [-0.05, 0) is 52.5 Å². The molecule has 0 aliphatic rings. The van der Waals surface area contributed by atoms with Gasteiger partial charge in [0.25, 0.3) is 0 Å². The Morgan fingerprint density at radius 3 is 2.58 bits per heavy atom. The number of aromatic nitrogens is 1. The van der Waals surface area contributed by atoms with Crippen LogP contribution < -0.4 is 5.32 Å². The highest BCUT2D eigenvalue weighted by Crippen LogP contribution is 2.30. The molecule has 1 N–H and O–H groups in total. The third kappa shape index (κ3) is 3.48. The van der Waals surface area contributed by atoms with Gasteiger partial charge < -0.3 is 5.32 Å². The number of halogens is 2. The second-order valence-electron chi connectivity index (χ2n) is 4.63. The number of benzene rings is 1. The third-order valence-corrected chi connectivity index (χ3v) is 4.04. The van der Waals surface area contributed by atoms with Gasteiger partial charge in [-0.3, -0.25) is 0 Å². The smallest absolute Gasteiger partial charge is 0.129 e. The predicted molar refractivity (Wildman–Crippen MR) is 89.9 cm³/mol. The first-order chi connectivity index (χ1) is 9.15. The van der Waals surface area contributed by atoms with Crippen LogP contribution in [0.5, 0.6) is 0 Å². The lowest BCUT2D eigenvalue weighted by atomic mass is 10.1. The van der Waals surface area contributed by atoms with Crippen molar-refractivity contribution >= 4 is 48.6 Å². The minimum Gasteiger partial charge on any atom is -0.370 e. The van der Waals surface area contributed by atoms with Crippen molar-refractivity contribution < 1.29 is 0 Å². The molecule has 2 nitrogen and oxygen atoms in total. The highest BCUT2D eigenvalue weighted by molar-refractivity contribution is 9.11. The summed E-state index contributed by atoms with van der Waals surface area (Å²) in [7, 11) is 0. The SMILES string of the molecule is CCCNc1nc2c(Br)cc(Br)cc2cc1CCC. The van der Waals surface area contributed by atoms with Crippen LogP contribution >= 0.6 is 31.9 Å². The van der Waals surface area contributed by atoms with Crippen LogP contribution in [0.15, 0.2) is 27.1 Å². The van der Waals surface area contributed by atoms with Gasteiger partial charge in [0.05, 0.1) is 5.52 Å². The molecule has 0 atom stereocenters. The van der Waals surface area contributed by atoms with Gasteiger partial charge in [0.15, 0.2) is 0 Å². The molecule has 4 heteroatoms. The first kappa shape index (κ1) is 14.8. The fraction of sp³-hybridized carbons (Fsp3) is 0.400. The Balaban J connectivity index is 2.55. The summed E-state index contributed by atoms with van der Waals surface area (Å²) >= 11 is 7.13. The molecule has 2 rings (SSSR count). The van der Waals surface area contributed by atoms with E-state index in [1.54, 1.807) is 0 Å². The van der Waals surface area contributed by atoms with Crippen LogP contribution in [0.4, 0.5) is 5.82 Å². The molecule has 19 heavy (non-hydrogen) atoms. The second-order valence-corrected chi connectivity index (χ2v) is 6.40. The molecule has 1 heterocycles. The van der Waals surface area contributed by atoms with Gasteiger partial charge in [-0.15, -0.1) is 0 Å². The molecule has 0 spiro atoms. The largest absolute Gasteiger partial charge is 0.370 e. The number of pyridine rings is 1. The van der Waals surface area contributed by atoms with Crippen molar-refractivity contribution in [1.82, 2.24) is 4.98 Å². The van der Waals surface area contributed by atoms with Crippen LogP contribution in [0.3, 0.4) is 0 Å². The molecule has 0 aliphatic heterocycles. The molecule has 0 radical (unpaired) electrons. The maximum atomic E-state index is 4.79. The topological polar surface area (TPSA) is 24.9 Å². The first-order valence-electron chi connectivity index (χ1n) is 6.68. The first-order valence-corrected chi connectivity index (χ1v) is 8.26. The van der Waals surface area contributed by atoms with Crippen LogP contribution in [0.25, 0.3) is 10.9 Å². The minimum atomic E-state index is 0.962. The number of rotatable bonds is 5. The highest BCUT2D eigenvalue weighted by atomic mass is 79.9. The standard InChI is InChI=1S/C15H18Br2N2/c1-3-5-10-7-11-8-12(16)9-13(17)14(11)19-15(10)18-6-4-2/h7-9H,3-6H2,1-2H3,(H,18,19). The summed E-state index contributed by atoms with van der Waals surface area (Å²) in [4.78, 5) is 4.79. The van der Waals surface area contributed by atoms with E-state index in [1.807, 2.05) is 6.07 Å². The molecule has 0 saturated carbocycles. The maximum absolute atomic E-state index is 4.79. The molecular formula is C15H18Br2N2. The summed E-state index contributed by atoms with van der Waals surface area (Å²) in [5.74, 6) is 1.03. The van der Waals surface area contributed by atoms with E-state index < -0.39 is 0 Å². The van der Waals surface area contributed by atoms with E-state index in [-0.39, 0.29) is 0 Å². The van der Waals surface area contributed by atoms with E-state index in [2.05, 4.69) is 63.2 Å². The Morgan fingerprint density at radius 1 is 1.11 bits per heavy atom. The fourth-order valence-electron chi connectivity index (χ4n) is 2.11. The molecule has 1 aromatic carbocycles. The summed E-state index contributed by atoms with van der Waals surface area (Å²) in [6.07, 6.45) is 3.29. The molecule has 0 aliphatic carbocycles. The monoisotopic (exact) mass is 384 g/mol. The number of nitrogens with zero attached hydrogens (tertiary/aromatic N) is 1. The van der Waals surface area contributed by atoms with Crippen molar-refractivity contribution in [2.24, 2.45) is 0 Å². The van der Waals surface area contributed by atoms with Gasteiger partial charge in [-0.25, -0.2) is 4.98 Å². The van der Waals surface area contributed by atoms with Gasteiger partial charge in [0, 0.05) is 20.9 Å². The van der Waals surface area contributed by atoms with Gasteiger partial charge in [-0.1, -0.05) is 36.2 Å². The zero-order chi connectivity index (χ0) is 13.8. The zero-order valence-corrected chi connectivity index (χ0v) is 14.4. The lowest BCUT2D eigenvalue weighted by Crippen LogP contribution is -2.06. The van der Waals surface area contributed by atoms with Crippen molar-refractivity contribution in [3.05, 3.63) is 32.7 Å². The molecular weight excluding hydrogens is 368 g/mol. The predicted octanol–water partition coefficient (Wildman–Crippen LogP) is 5.53. The van der Waals surface area contributed by atoms with Crippen molar-refractivity contribution in [1.29, 1.82) is 0 Å². The average molecular weight is 386 g/mol. The van der Waals surface area contributed by atoms with E-state index in [9.17, 15) is 0 Å². The Morgan fingerprint density at radius 2 is 1.89 bits per heavy atom. The normalized spacial score (nSPS) is 10.9. The molecule has 102 valence electrons. The van der Waals surface area contributed by atoms with Crippen LogP contribution in [0, 0.1) is 0 Å². The highest BCUT2D eigenvalue weighted by Gasteiger charge is 2.09. The van der Waals surface area contributed by atoms with Crippen LogP contribution in [0.1, 0.15) is 32.3 Å². The lowest BCUT2D eigenvalue weighted by molar-refractivity contribution is 0.906. The molecule has 0 amide bonds. The van der Waals surface area contributed by atoms with Crippen molar-refractivity contribution in [3.63, 3.8) is 0 Å². The summed E-state index contributed by atoms with van der Waals surface area (Å²) in [5, 5.41) is 4.61.